The largest absolute Gasteiger partial charge is 0.497 e. The quantitative estimate of drug-likeness (QED) is 0.270. The number of hydrogen-bond acceptors (Lipinski definition) is 5. The molecule has 4 aromatic carbocycles. The number of anilines is 1. The summed E-state index contributed by atoms with van der Waals surface area (Å²) in [7, 11) is 3.41. The molecule has 2 heterocycles. The summed E-state index contributed by atoms with van der Waals surface area (Å²) < 4.78 is 10.9. The molecule has 4 aromatic rings. The summed E-state index contributed by atoms with van der Waals surface area (Å²) in [5.41, 5.74) is 7.21. The van der Waals surface area contributed by atoms with Gasteiger partial charge >= 0.3 is 0 Å². The van der Waals surface area contributed by atoms with Crippen molar-refractivity contribution >= 4 is 17.5 Å². The van der Waals surface area contributed by atoms with Crippen LogP contribution in [0.2, 0.25) is 0 Å². The molecule has 0 unspecified atom stereocenters. The summed E-state index contributed by atoms with van der Waals surface area (Å²) in [5, 5.41) is 7.55. The second kappa shape index (κ2) is 11.2. The molecule has 6 rings (SSSR count). The summed E-state index contributed by atoms with van der Waals surface area (Å²) >= 11 is 0. The molecule has 1 saturated heterocycles. The van der Waals surface area contributed by atoms with E-state index in [-0.39, 0.29) is 12.0 Å². The van der Waals surface area contributed by atoms with Gasteiger partial charge in [-0.05, 0) is 64.7 Å². The van der Waals surface area contributed by atoms with Crippen LogP contribution in [0.5, 0.6) is 11.5 Å². The van der Waals surface area contributed by atoms with Gasteiger partial charge in [0, 0.05) is 25.6 Å². The fourth-order valence-electron chi connectivity index (χ4n) is 5.68. The van der Waals surface area contributed by atoms with Gasteiger partial charge in [-0.3, -0.25) is 9.91 Å². The van der Waals surface area contributed by atoms with Gasteiger partial charge in [-0.25, -0.2) is 0 Å². The molecule has 1 fully saturated rings. The summed E-state index contributed by atoms with van der Waals surface area (Å²) in [6.07, 6.45) is 2.29. The van der Waals surface area contributed by atoms with Crippen LogP contribution >= 0.6 is 0 Å². The van der Waals surface area contributed by atoms with Gasteiger partial charge in [0.25, 0.3) is 0 Å². The predicted molar refractivity (Wildman–Crippen MR) is 158 cm³/mol. The number of nitrogens with zero attached hydrogens (tertiary/aromatic N) is 3. The van der Waals surface area contributed by atoms with Crippen LogP contribution in [-0.4, -0.2) is 37.9 Å². The number of hydrogen-bond donors (Lipinski definition) is 0. The van der Waals surface area contributed by atoms with Crippen molar-refractivity contribution in [2.24, 2.45) is 11.0 Å². The van der Waals surface area contributed by atoms with Gasteiger partial charge in [0.05, 0.1) is 31.7 Å². The van der Waals surface area contributed by atoms with E-state index in [0.29, 0.717) is 0 Å². The van der Waals surface area contributed by atoms with Crippen LogP contribution in [0.15, 0.2) is 120 Å². The lowest BCUT2D eigenvalue weighted by Crippen LogP contribution is -2.43. The number of ether oxygens (including phenoxy) is 2. The van der Waals surface area contributed by atoms with Crippen LogP contribution < -0.4 is 14.5 Å². The van der Waals surface area contributed by atoms with Crippen molar-refractivity contribution in [3.63, 3.8) is 0 Å². The van der Waals surface area contributed by atoms with E-state index in [2.05, 4.69) is 113 Å². The summed E-state index contributed by atoms with van der Waals surface area (Å²) in [4.78, 5) is 2.55. The normalized spacial score (nSPS) is 20.0. The van der Waals surface area contributed by atoms with Crippen molar-refractivity contribution in [1.82, 2.24) is 4.90 Å². The molecule has 2 aliphatic rings. The van der Waals surface area contributed by atoms with Crippen molar-refractivity contribution in [3.05, 3.63) is 131 Å². The molecule has 0 aliphatic carbocycles. The molecule has 0 aromatic heterocycles. The van der Waals surface area contributed by atoms with Crippen LogP contribution in [0.25, 0.3) is 6.08 Å². The highest BCUT2D eigenvalue weighted by Crippen LogP contribution is 2.43. The van der Waals surface area contributed by atoms with Crippen molar-refractivity contribution in [3.8, 4) is 11.5 Å². The highest BCUT2D eigenvalue weighted by molar-refractivity contribution is 6.09. The van der Waals surface area contributed by atoms with Crippen molar-refractivity contribution in [2.45, 2.75) is 12.6 Å². The molecule has 2 atom stereocenters. The third-order valence-corrected chi connectivity index (χ3v) is 7.57. The van der Waals surface area contributed by atoms with Gasteiger partial charge in [0.2, 0.25) is 0 Å². The average molecular weight is 516 g/mol. The van der Waals surface area contributed by atoms with Crippen LogP contribution in [0.1, 0.15) is 22.7 Å². The maximum absolute atomic E-state index is 5.46. The highest BCUT2D eigenvalue weighted by atomic mass is 16.5. The number of methoxy groups -OCH3 is 2. The molecular formula is C34H33N3O2. The number of likely N-dealkylation sites (tertiary alicyclic amines) is 1. The Morgan fingerprint density at radius 3 is 2.03 bits per heavy atom. The number of fused-ring (bicyclic) bond motifs is 1. The first-order chi connectivity index (χ1) is 19.2. The number of para-hydroxylation sites is 1. The minimum absolute atomic E-state index is 0.0751. The molecule has 0 saturated carbocycles. The Kier molecular flexibility index (Phi) is 7.15. The van der Waals surface area contributed by atoms with Crippen molar-refractivity contribution in [2.75, 3.05) is 32.3 Å². The van der Waals surface area contributed by atoms with E-state index in [1.807, 2.05) is 12.1 Å². The SMILES string of the molecule is COc1ccc(/C=C2\CN(Cc3ccccc3)C[C@H]3C2=NN(c2ccccc2)[C@@H]3c2ccc(OC)cc2)cc1. The van der Waals surface area contributed by atoms with Gasteiger partial charge < -0.3 is 9.47 Å². The zero-order chi connectivity index (χ0) is 26.6. The summed E-state index contributed by atoms with van der Waals surface area (Å²) in [6, 6.07) is 38.0. The van der Waals surface area contributed by atoms with E-state index < -0.39 is 0 Å². The molecule has 0 N–H and O–H groups in total. The number of benzene rings is 4. The van der Waals surface area contributed by atoms with Crippen LogP contribution in [0.4, 0.5) is 5.69 Å². The average Bonchev–Trinajstić information content (AvgIpc) is 3.38. The van der Waals surface area contributed by atoms with Gasteiger partial charge in [0.1, 0.15) is 11.5 Å². The Balaban J connectivity index is 1.43. The molecule has 5 nitrogen and oxygen atoms in total. The third kappa shape index (κ3) is 5.31. The molecular weight excluding hydrogens is 482 g/mol. The molecule has 196 valence electrons. The first kappa shape index (κ1) is 25.0. The smallest absolute Gasteiger partial charge is 0.118 e. The molecule has 0 bridgehead atoms. The Hall–Kier alpha value is -4.35. The van der Waals surface area contributed by atoms with Gasteiger partial charge in [-0.2, -0.15) is 5.10 Å². The highest BCUT2D eigenvalue weighted by Gasteiger charge is 2.44. The van der Waals surface area contributed by atoms with Crippen LogP contribution in [-0.2, 0) is 6.54 Å². The second-order valence-electron chi connectivity index (χ2n) is 10.1. The third-order valence-electron chi connectivity index (χ3n) is 7.57. The maximum Gasteiger partial charge on any atom is 0.118 e. The Bertz CT molecular complexity index is 1450. The Morgan fingerprint density at radius 1 is 0.769 bits per heavy atom. The van der Waals surface area contributed by atoms with Crippen LogP contribution in [0.3, 0.4) is 0 Å². The molecule has 0 amide bonds. The van der Waals surface area contributed by atoms with E-state index >= 15 is 0 Å². The maximum atomic E-state index is 5.46. The van der Waals surface area contributed by atoms with Crippen molar-refractivity contribution < 1.29 is 9.47 Å². The van der Waals surface area contributed by atoms with E-state index in [9.17, 15) is 0 Å². The Morgan fingerprint density at radius 2 is 1.38 bits per heavy atom. The molecule has 0 spiro atoms. The van der Waals surface area contributed by atoms with Gasteiger partial charge in [-0.15, -0.1) is 0 Å². The summed E-state index contributed by atoms with van der Waals surface area (Å²) in [5.74, 6) is 1.93. The minimum Gasteiger partial charge on any atom is -0.497 e. The fraction of sp³-hybridized carbons (Fsp3) is 0.206. The topological polar surface area (TPSA) is 37.3 Å². The zero-order valence-corrected chi connectivity index (χ0v) is 22.4. The molecule has 39 heavy (non-hydrogen) atoms. The standard InChI is InChI=1S/C34H33N3O2/c1-38-30-17-13-25(14-18-30)21-28-23-36(22-26-9-5-3-6-10-26)24-32-33(28)35-37(29-11-7-4-8-12-29)34(32)27-15-19-31(39-2)20-16-27/h3-21,32,34H,22-24H2,1-2H3/b28-21+/t32-,34+/m0/s1. The lowest BCUT2D eigenvalue weighted by atomic mass is 9.82. The second-order valence-corrected chi connectivity index (χ2v) is 10.1. The number of rotatable bonds is 7. The molecule has 2 aliphatic heterocycles. The summed E-state index contributed by atoms with van der Waals surface area (Å²) in [6.45, 7) is 2.66. The van der Waals surface area contributed by atoms with E-state index in [4.69, 9.17) is 14.6 Å². The first-order valence-electron chi connectivity index (χ1n) is 13.4. The lowest BCUT2D eigenvalue weighted by molar-refractivity contribution is 0.245. The van der Waals surface area contributed by atoms with E-state index in [1.54, 1.807) is 14.2 Å². The monoisotopic (exact) mass is 515 g/mol. The lowest BCUT2D eigenvalue weighted by Gasteiger charge is -2.36. The zero-order valence-electron chi connectivity index (χ0n) is 22.4. The predicted octanol–water partition coefficient (Wildman–Crippen LogP) is 6.84. The van der Waals surface area contributed by atoms with E-state index in [1.165, 1.54) is 22.4 Å². The fourth-order valence-corrected chi connectivity index (χ4v) is 5.68. The minimum atomic E-state index is 0.0751. The van der Waals surface area contributed by atoms with E-state index in [0.717, 1.165) is 42.4 Å². The molecule has 5 heteroatoms. The number of piperidine rings is 1. The van der Waals surface area contributed by atoms with Gasteiger partial charge in [-0.1, -0.05) is 72.8 Å². The Labute approximate surface area is 230 Å². The van der Waals surface area contributed by atoms with Crippen LogP contribution in [0, 0.1) is 5.92 Å². The molecule has 0 radical (unpaired) electrons. The number of hydrazone groups is 1. The van der Waals surface area contributed by atoms with Crippen molar-refractivity contribution in [1.29, 1.82) is 0 Å². The first-order valence-corrected chi connectivity index (χ1v) is 13.4. The van der Waals surface area contributed by atoms with Gasteiger partial charge in [0.15, 0.2) is 0 Å².